The van der Waals surface area contributed by atoms with Crippen LogP contribution in [0.15, 0.2) is 47.4 Å². The summed E-state index contributed by atoms with van der Waals surface area (Å²) < 4.78 is 38.3. The Morgan fingerprint density at radius 1 is 1.08 bits per heavy atom. The van der Waals surface area contributed by atoms with Crippen LogP contribution in [0.3, 0.4) is 0 Å². The van der Waals surface area contributed by atoms with Crippen molar-refractivity contribution in [2.45, 2.75) is 11.4 Å². The summed E-state index contributed by atoms with van der Waals surface area (Å²) in [6.45, 7) is 0.204. The van der Waals surface area contributed by atoms with Gasteiger partial charge in [0.2, 0.25) is 10.0 Å². The molecule has 0 spiro atoms. The molecule has 0 atom stereocenters. The summed E-state index contributed by atoms with van der Waals surface area (Å²) in [5.74, 6) is 0.854. The minimum atomic E-state index is -3.67. The largest absolute Gasteiger partial charge is 0.493 e. The van der Waals surface area contributed by atoms with Crippen LogP contribution in [0.1, 0.15) is 5.01 Å². The molecule has 3 rings (SSSR count). The van der Waals surface area contributed by atoms with E-state index in [1.807, 2.05) is 24.3 Å². The Bertz CT molecular complexity index is 966. The molecule has 2 aromatic carbocycles. The fraction of sp³-hybridized carbons (Fsp3) is 0.235. The average molecular weight is 378 g/mol. The van der Waals surface area contributed by atoms with E-state index >= 15 is 0 Å². The number of methoxy groups -OCH3 is 2. The van der Waals surface area contributed by atoms with Gasteiger partial charge in [0.15, 0.2) is 11.5 Å². The molecule has 0 N–H and O–H groups in total. The first-order valence-corrected chi connectivity index (χ1v) is 9.74. The fourth-order valence-corrected chi connectivity index (χ4v) is 4.67. The van der Waals surface area contributed by atoms with Crippen molar-refractivity contribution in [2.75, 3.05) is 21.3 Å². The van der Waals surface area contributed by atoms with E-state index < -0.39 is 10.0 Å². The van der Waals surface area contributed by atoms with Crippen molar-refractivity contribution in [3.8, 4) is 11.5 Å². The van der Waals surface area contributed by atoms with Crippen molar-refractivity contribution < 1.29 is 17.9 Å². The van der Waals surface area contributed by atoms with Gasteiger partial charge in [-0.15, -0.1) is 11.3 Å². The first-order chi connectivity index (χ1) is 12.0. The summed E-state index contributed by atoms with van der Waals surface area (Å²) in [4.78, 5) is 4.64. The maximum atomic E-state index is 12.8. The number of thiazole rings is 1. The number of sulfonamides is 1. The molecular formula is C17H18N2O4S2. The number of benzene rings is 2. The number of ether oxygens (including phenoxy) is 2. The fourth-order valence-electron chi connectivity index (χ4n) is 2.42. The Morgan fingerprint density at radius 3 is 2.48 bits per heavy atom. The first-order valence-electron chi connectivity index (χ1n) is 7.48. The molecule has 0 amide bonds. The van der Waals surface area contributed by atoms with Gasteiger partial charge in [0, 0.05) is 13.1 Å². The number of aromatic nitrogens is 1. The van der Waals surface area contributed by atoms with Gasteiger partial charge in [-0.3, -0.25) is 0 Å². The Morgan fingerprint density at radius 2 is 1.80 bits per heavy atom. The molecule has 0 saturated heterocycles. The van der Waals surface area contributed by atoms with Gasteiger partial charge in [-0.2, -0.15) is 4.31 Å². The molecule has 1 aromatic heterocycles. The lowest BCUT2D eigenvalue weighted by atomic mass is 10.3. The summed E-state index contributed by atoms with van der Waals surface area (Å²) in [6, 6.07) is 12.3. The molecule has 132 valence electrons. The summed E-state index contributed by atoms with van der Waals surface area (Å²) in [6.07, 6.45) is 0. The third-order valence-corrected chi connectivity index (χ3v) is 6.58. The molecule has 8 heteroatoms. The van der Waals surface area contributed by atoms with Gasteiger partial charge in [0.25, 0.3) is 0 Å². The van der Waals surface area contributed by atoms with Crippen molar-refractivity contribution in [3.05, 3.63) is 47.5 Å². The Labute approximate surface area is 150 Å². The summed E-state index contributed by atoms with van der Waals surface area (Å²) in [5.41, 5.74) is 0.874. The molecule has 0 aliphatic carbocycles. The minimum absolute atomic E-state index is 0.147. The lowest BCUT2D eigenvalue weighted by molar-refractivity contribution is 0.353. The number of para-hydroxylation sites is 1. The van der Waals surface area contributed by atoms with E-state index in [0.717, 1.165) is 15.2 Å². The van der Waals surface area contributed by atoms with Gasteiger partial charge in [-0.1, -0.05) is 12.1 Å². The van der Waals surface area contributed by atoms with Gasteiger partial charge < -0.3 is 9.47 Å². The van der Waals surface area contributed by atoms with E-state index in [1.165, 1.54) is 49.0 Å². The number of fused-ring (bicyclic) bond motifs is 1. The third-order valence-electron chi connectivity index (χ3n) is 3.76. The molecule has 0 radical (unpaired) electrons. The molecule has 1 heterocycles. The lowest BCUT2D eigenvalue weighted by Gasteiger charge is -2.17. The molecule has 0 bridgehead atoms. The monoisotopic (exact) mass is 378 g/mol. The van der Waals surface area contributed by atoms with E-state index in [-0.39, 0.29) is 11.4 Å². The van der Waals surface area contributed by atoms with Gasteiger partial charge in [-0.05, 0) is 24.3 Å². The van der Waals surface area contributed by atoms with E-state index in [2.05, 4.69) is 4.98 Å². The van der Waals surface area contributed by atoms with Gasteiger partial charge in [-0.25, -0.2) is 13.4 Å². The normalized spacial score (nSPS) is 11.8. The summed E-state index contributed by atoms with van der Waals surface area (Å²) in [5, 5.41) is 0.743. The summed E-state index contributed by atoms with van der Waals surface area (Å²) in [7, 11) is 0.849. The van der Waals surface area contributed by atoms with E-state index in [1.54, 1.807) is 6.07 Å². The van der Waals surface area contributed by atoms with Gasteiger partial charge in [0.1, 0.15) is 5.01 Å². The highest BCUT2D eigenvalue weighted by Crippen LogP contribution is 2.31. The summed E-state index contributed by atoms with van der Waals surface area (Å²) >= 11 is 1.49. The average Bonchev–Trinajstić information content (AvgIpc) is 3.03. The van der Waals surface area contributed by atoms with Crippen LogP contribution in [0.2, 0.25) is 0 Å². The van der Waals surface area contributed by atoms with Crippen molar-refractivity contribution in [1.82, 2.24) is 9.29 Å². The lowest BCUT2D eigenvalue weighted by Crippen LogP contribution is -2.26. The van der Waals surface area contributed by atoms with Crippen LogP contribution < -0.4 is 9.47 Å². The predicted octanol–water partition coefficient (Wildman–Crippen LogP) is 3.13. The van der Waals surface area contributed by atoms with Gasteiger partial charge >= 0.3 is 0 Å². The van der Waals surface area contributed by atoms with Crippen molar-refractivity contribution in [3.63, 3.8) is 0 Å². The first kappa shape index (κ1) is 17.7. The van der Waals surface area contributed by atoms with E-state index in [9.17, 15) is 8.42 Å². The highest BCUT2D eigenvalue weighted by atomic mass is 32.2. The number of nitrogens with zero attached hydrogens (tertiary/aromatic N) is 2. The maximum Gasteiger partial charge on any atom is 0.243 e. The number of rotatable bonds is 6. The zero-order valence-electron chi connectivity index (χ0n) is 14.1. The van der Waals surface area contributed by atoms with Crippen LogP contribution in [0.25, 0.3) is 10.2 Å². The quantitative estimate of drug-likeness (QED) is 0.659. The molecule has 3 aromatic rings. The second-order valence-electron chi connectivity index (χ2n) is 5.35. The Balaban J connectivity index is 1.88. The van der Waals surface area contributed by atoms with E-state index in [0.29, 0.717) is 11.5 Å². The van der Waals surface area contributed by atoms with Crippen LogP contribution in [0.4, 0.5) is 0 Å². The van der Waals surface area contributed by atoms with Crippen LogP contribution in [-0.4, -0.2) is 39.0 Å². The molecular weight excluding hydrogens is 360 g/mol. The molecule has 25 heavy (non-hydrogen) atoms. The highest BCUT2D eigenvalue weighted by Gasteiger charge is 2.23. The molecule has 0 aliphatic rings. The van der Waals surface area contributed by atoms with Crippen molar-refractivity contribution in [1.29, 1.82) is 0 Å². The minimum Gasteiger partial charge on any atom is -0.493 e. The Kier molecular flexibility index (Phi) is 4.94. The molecule has 0 aliphatic heterocycles. The molecule has 6 nitrogen and oxygen atoms in total. The van der Waals surface area contributed by atoms with Gasteiger partial charge in [0.05, 0.1) is 35.9 Å². The zero-order chi connectivity index (χ0) is 18.0. The second-order valence-corrected chi connectivity index (χ2v) is 8.51. The second kappa shape index (κ2) is 6.99. The predicted molar refractivity (Wildman–Crippen MR) is 97.8 cm³/mol. The molecule has 0 unspecified atom stereocenters. The maximum absolute atomic E-state index is 12.8. The van der Waals surface area contributed by atoms with Crippen LogP contribution in [0.5, 0.6) is 11.5 Å². The van der Waals surface area contributed by atoms with Crippen molar-refractivity contribution in [2.24, 2.45) is 0 Å². The van der Waals surface area contributed by atoms with Crippen LogP contribution in [-0.2, 0) is 16.6 Å². The smallest absolute Gasteiger partial charge is 0.243 e. The standard InChI is InChI=1S/C17H18N2O4S2/c1-19(11-17-18-13-6-4-5-7-16(13)24-17)25(20,21)12-8-9-14(22-2)15(10-12)23-3/h4-10H,11H2,1-3H3. The number of hydrogen-bond donors (Lipinski definition) is 0. The highest BCUT2D eigenvalue weighted by molar-refractivity contribution is 7.89. The Hall–Kier alpha value is -2.16. The topological polar surface area (TPSA) is 68.7 Å². The van der Waals surface area contributed by atoms with Crippen LogP contribution >= 0.6 is 11.3 Å². The molecule has 0 fully saturated rings. The van der Waals surface area contributed by atoms with E-state index in [4.69, 9.17) is 9.47 Å². The number of hydrogen-bond acceptors (Lipinski definition) is 6. The van der Waals surface area contributed by atoms with Crippen LogP contribution in [0, 0.1) is 0 Å². The van der Waals surface area contributed by atoms with Crippen molar-refractivity contribution >= 4 is 31.6 Å². The zero-order valence-corrected chi connectivity index (χ0v) is 15.7. The third kappa shape index (κ3) is 3.46. The molecule has 0 saturated carbocycles. The SMILES string of the molecule is COc1ccc(S(=O)(=O)N(C)Cc2nc3ccccc3s2)cc1OC.